The number of hydrogen-bond acceptors (Lipinski definition) is 10. The van der Waals surface area contributed by atoms with Crippen molar-refractivity contribution < 1.29 is 50.5 Å². The van der Waals surface area contributed by atoms with Gasteiger partial charge in [-0.2, -0.15) is 31.6 Å². The van der Waals surface area contributed by atoms with Gasteiger partial charge in [0.1, 0.15) is 12.3 Å². The van der Waals surface area contributed by atoms with Crippen molar-refractivity contribution >= 4 is 29.4 Å². The number of carbonyl (C=O) groups is 2. The zero-order chi connectivity index (χ0) is 38.0. The Morgan fingerprint density at radius 1 is 1.06 bits per heavy atom. The molecule has 1 saturated heterocycles. The maximum atomic E-state index is 13.9. The predicted molar refractivity (Wildman–Crippen MR) is 174 cm³/mol. The van der Waals surface area contributed by atoms with Crippen LogP contribution in [-0.4, -0.2) is 71.1 Å². The van der Waals surface area contributed by atoms with Gasteiger partial charge in [0.2, 0.25) is 5.95 Å². The number of nitrogens with zero attached hydrogens (tertiary/aromatic N) is 6. The van der Waals surface area contributed by atoms with Gasteiger partial charge < -0.3 is 24.8 Å². The molecule has 278 valence electrons. The van der Waals surface area contributed by atoms with Crippen LogP contribution in [0.1, 0.15) is 73.4 Å². The average Bonchev–Trinajstić information content (AvgIpc) is 3.09. The fraction of sp³-hybridized carbons (Fsp3) is 0.471. The van der Waals surface area contributed by atoms with Crippen LogP contribution in [0.5, 0.6) is 0 Å². The summed E-state index contributed by atoms with van der Waals surface area (Å²) in [5, 5.41) is 21.9. The van der Waals surface area contributed by atoms with E-state index in [2.05, 4.69) is 20.3 Å². The molecule has 52 heavy (non-hydrogen) atoms. The van der Waals surface area contributed by atoms with Crippen molar-refractivity contribution in [2.24, 2.45) is 5.41 Å². The fourth-order valence-electron chi connectivity index (χ4n) is 5.92. The third kappa shape index (κ3) is 8.47. The molecule has 2 aliphatic rings. The predicted octanol–water partition coefficient (Wildman–Crippen LogP) is 6.60. The number of halogens is 6. The van der Waals surface area contributed by atoms with Crippen molar-refractivity contribution in [2.75, 3.05) is 48.0 Å². The second kappa shape index (κ2) is 14.8. The summed E-state index contributed by atoms with van der Waals surface area (Å²) in [5.74, 6) is -1.28. The second-order valence-corrected chi connectivity index (χ2v) is 13.0. The number of alkyl halides is 6. The van der Waals surface area contributed by atoms with E-state index in [1.54, 1.807) is 13.0 Å². The molecule has 2 N–H and O–H groups in total. The van der Waals surface area contributed by atoms with E-state index in [0.29, 0.717) is 38.4 Å². The van der Waals surface area contributed by atoms with Gasteiger partial charge in [0.25, 0.3) is 0 Å². The largest absolute Gasteiger partial charge is 0.481 e. The Kier molecular flexibility index (Phi) is 10.8. The van der Waals surface area contributed by atoms with E-state index in [-0.39, 0.29) is 47.0 Å². The highest BCUT2D eigenvalue weighted by Gasteiger charge is 2.42. The Morgan fingerprint density at radius 2 is 1.77 bits per heavy atom. The van der Waals surface area contributed by atoms with E-state index in [1.807, 2.05) is 4.90 Å². The Balaban J connectivity index is 1.54. The van der Waals surface area contributed by atoms with Crippen LogP contribution in [0.2, 0.25) is 0 Å². The summed E-state index contributed by atoms with van der Waals surface area (Å²) in [4.78, 5) is 41.0. The van der Waals surface area contributed by atoms with Crippen LogP contribution >= 0.6 is 0 Å². The van der Waals surface area contributed by atoms with E-state index in [0.717, 1.165) is 29.2 Å². The number of fused-ring (bicyclic) bond motifs is 1. The Bertz CT molecular complexity index is 1860. The molecule has 0 radical (unpaired) electrons. The monoisotopic (exact) mass is 735 g/mol. The molecule has 1 aromatic carbocycles. The Morgan fingerprint density at radius 3 is 2.38 bits per heavy atom. The van der Waals surface area contributed by atoms with Gasteiger partial charge in [0, 0.05) is 25.6 Å². The minimum absolute atomic E-state index is 0.000102. The lowest BCUT2D eigenvalue weighted by Crippen LogP contribution is -2.47. The molecule has 2 atom stereocenters. The zero-order valence-electron chi connectivity index (χ0n) is 28.3. The number of benzene rings is 1. The zero-order valence-corrected chi connectivity index (χ0v) is 28.3. The van der Waals surface area contributed by atoms with Crippen LogP contribution in [0, 0.1) is 16.7 Å². The molecule has 1 amide bonds. The Labute approximate surface area is 294 Å². The number of morpholine rings is 1. The van der Waals surface area contributed by atoms with Crippen LogP contribution < -0.4 is 15.1 Å². The van der Waals surface area contributed by atoms with Crippen LogP contribution in [0.4, 0.5) is 48.5 Å². The number of ether oxygens (including phenoxy) is 2. The minimum atomic E-state index is -4.84. The molecule has 3 aromatic rings. The van der Waals surface area contributed by atoms with E-state index >= 15 is 0 Å². The van der Waals surface area contributed by atoms with Crippen molar-refractivity contribution in [3.63, 3.8) is 0 Å². The molecule has 5 rings (SSSR count). The first-order chi connectivity index (χ1) is 24.4. The lowest BCUT2D eigenvalue weighted by atomic mass is 9.93. The van der Waals surface area contributed by atoms with E-state index in [4.69, 9.17) is 9.47 Å². The number of hydrogen-bond donors (Lipinski definition) is 2. The highest BCUT2D eigenvalue weighted by atomic mass is 19.4. The average molecular weight is 736 g/mol. The third-order valence-corrected chi connectivity index (χ3v) is 8.78. The number of aliphatic carboxylic acids is 1. The normalized spacial score (nSPS) is 18.0. The summed E-state index contributed by atoms with van der Waals surface area (Å²) < 4.78 is 93.6. The maximum Gasteiger partial charge on any atom is 0.433 e. The van der Waals surface area contributed by atoms with Crippen LogP contribution in [0.25, 0.3) is 0 Å². The van der Waals surface area contributed by atoms with Crippen molar-refractivity contribution in [3.8, 4) is 6.07 Å². The van der Waals surface area contributed by atoms with Crippen LogP contribution in [0.15, 0.2) is 36.5 Å². The van der Waals surface area contributed by atoms with Gasteiger partial charge in [-0.25, -0.2) is 19.7 Å². The van der Waals surface area contributed by atoms with Crippen LogP contribution in [-0.2, 0) is 33.0 Å². The number of anilines is 3. The van der Waals surface area contributed by atoms with Crippen molar-refractivity contribution in [2.45, 2.75) is 64.5 Å². The number of nitrogens with one attached hydrogen (secondary N) is 1. The Hall–Kier alpha value is -5.18. The van der Waals surface area contributed by atoms with Gasteiger partial charge in [0.15, 0.2) is 0 Å². The molecular weight excluding hydrogens is 700 g/mol. The fourth-order valence-corrected chi connectivity index (χ4v) is 5.92. The quantitative estimate of drug-likeness (QED) is 0.229. The second-order valence-electron chi connectivity index (χ2n) is 13.0. The molecule has 0 bridgehead atoms. The molecular formula is C34H35F6N7O5. The molecule has 2 aliphatic heterocycles. The first-order valence-electron chi connectivity index (χ1n) is 16.2. The molecule has 0 saturated carbocycles. The van der Waals surface area contributed by atoms with Gasteiger partial charge in [-0.1, -0.05) is 6.92 Å². The van der Waals surface area contributed by atoms with Gasteiger partial charge in [-0.05, 0) is 62.6 Å². The number of pyridine rings is 1. The van der Waals surface area contributed by atoms with Crippen molar-refractivity contribution in [1.82, 2.24) is 15.0 Å². The first kappa shape index (κ1) is 38.1. The SMILES string of the molecule is CC[C@@H]1C[C@H](Nc2ncc(N3CCOCC3)c(Cc3cc(C#N)cc(C(F)(F)F)c3)n2)c2nc(C(F)(F)F)ccc2N1C(=O)OCC(C)(C)C(=O)O. The smallest absolute Gasteiger partial charge is 0.433 e. The lowest BCUT2D eigenvalue weighted by Gasteiger charge is -2.40. The molecule has 0 unspecified atom stereocenters. The molecule has 1 fully saturated rings. The highest BCUT2D eigenvalue weighted by molar-refractivity contribution is 5.90. The number of amides is 1. The molecule has 4 heterocycles. The number of carbonyl (C=O) groups excluding carboxylic acids is 1. The van der Waals surface area contributed by atoms with E-state index in [9.17, 15) is 46.3 Å². The topological polar surface area (TPSA) is 154 Å². The third-order valence-electron chi connectivity index (χ3n) is 8.78. The molecule has 18 heteroatoms. The lowest BCUT2D eigenvalue weighted by molar-refractivity contribution is -0.149. The molecule has 12 nitrogen and oxygen atoms in total. The van der Waals surface area contributed by atoms with E-state index < -0.39 is 59.8 Å². The molecule has 0 spiro atoms. The standard InChI is InChI=1S/C34H35F6N7O5/c1-4-22-15-24(28-25(5-6-27(45-28)34(38,39)40)47(22)31(50)52-18-32(2,3)29(48)49)44-30-42-17-26(46-7-9-51-10-8-46)23(43-30)14-19-11-20(16-41)13-21(12-19)33(35,36)37/h5-6,11-13,17,22,24H,4,7-10,14-15,18H2,1-3H3,(H,48,49)(H,42,43,44)/t22-,24+/m1/s1. The van der Waals surface area contributed by atoms with Crippen molar-refractivity contribution in [3.05, 3.63) is 70.3 Å². The summed E-state index contributed by atoms with van der Waals surface area (Å²) in [7, 11) is 0. The summed E-state index contributed by atoms with van der Waals surface area (Å²) in [6.45, 7) is 5.57. The molecule has 2 aromatic heterocycles. The number of carboxylic acids is 1. The number of carboxylic acid groups (broad SMARTS) is 1. The van der Waals surface area contributed by atoms with Gasteiger partial charge in [-0.3, -0.25) is 9.69 Å². The summed E-state index contributed by atoms with van der Waals surface area (Å²) in [6, 6.07) is 4.95. The van der Waals surface area contributed by atoms with Crippen LogP contribution in [0.3, 0.4) is 0 Å². The molecule has 0 aliphatic carbocycles. The van der Waals surface area contributed by atoms with Gasteiger partial charge in [-0.15, -0.1) is 0 Å². The maximum absolute atomic E-state index is 13.9. The number of aromatic nitrogens is 3. The number of rotatable bonds is 9. The minimum Gasteiger partial charge on any atom is -0.481 e. The summed E-state index contributed by atoms with van der Waals surface area (Å²) >= 11 is 0. The number of nitriles is 1. The van der Waals surface area contributed by atoms with Gasteiger partial charge >= 0.3 is 24.4 Å². The highest BCUT2D eigenvalue weighted by Crippen LogP contribution is 2.42. The van der Waals surface area contributed by atoms with Crippen molar-refractivity contribution in [1.29, 1.82) is 5.26 Å². The van der Waals surface area contributed by atoms with E-state index in [1.165, 1.54) is 26.1 Å². The van der Waals surface area contributed by atoms with Gasteiger partial charge in [0.05, 0.1) is 70.8 Å². The summed E-state index contributed by atoms with van der Waals surface area (Å²) in [6.07, 6.45) is -8.88. The summed E-state index contributed by atoms with van der Waals surface area (Å²) in [5.41, 5.74) is -3.11. The first-order valence-corrected chi connectivity index (χ1v) is 16.2.